The lowest BCUT2D eigenvalue weighted by Gasteiger charge is -2.26. The van der Waals surface area contributed by atoms with E-state index < -0.39 is 80.2 Å². The van der Waals surface area contributed by atoms with Gasteiger partial charge in [0.2, 0.25) is 21.8 Å². The first-order chi connectivity index (χ1) is 25.0. The van der Waals surface area contributed by atoms with Crippen LogP contribution in [0.15, 0.2) is 49.7 Å². The van der Waals surface area contributed by atoms with Crippen molar-refractivity contribution in [2.75, 3.05) is 18.9 Å². The van der Waals surface area contributed by atoms with Crippen molar-refractivity contribution in [1.82, 2.24) is 19.9 Å². The van der Waals surface area contributed by atoms with Crippen LogP contribution in [0, 0.1) is 17.8 Å². The van der Waals surface area contributed by atoms with Crippen molar-refractivity contribution in [1.29, 1.82) is 0 Å². The van der Waals surface area contributed by atoms with Crippen LogP contribution in [0.1, 0.15) is 68.7 Å². The molecule has 12 nitrogen and oxygen atoms in total. The first-order valence-electron chi connectivity index (χ1n) is 17.5. The highest BCUT2D eigenvalue weighted by molar-refractivity contribution is 7.91. The predicted octanol–water partition coefficient (Wildman–Crippen LogP) is 5.82. The summed E-state index contributed by atoms with van der Waals surface area (Å²) < 4.78 is 74.0. The Kier molecular flexibility index (Phi) is 12.1. The van der Waals surface area contributed by atoms with Crippen molar-refractivity contribution in [2.24, 2.45) is 17.8 Å². The molecule has 3 fully saturated rings. The van der Waals surface area contributed by atoms with E-state index in [1.807, 2.05) is 6.92 Å². The molecule has 4 amide bonds. The maximum atomic E-state index is 14.0. The van der Waals surface area contributed by atoms with Gasteiger partial charge in [-0.05, 0) is 76.0 Å². The molecule has 3 aliphatic carbocycles. The molecule has 1 heterocycles. The number of carbonyl (C=O) groups is 4. The standard InChI is InChI=1S/C36H44F3N5O7S2/c1-5-8-9-10-15-44(4)32(46)28-18-23(17-27(28)30(45)42-35(19-21(35)6-2)33(47)43-53(49,50)25-12-13-25)51-34(48)41-29-16-22(36(37,38)39)11-14-26(29)31-40-20-24(7-3)52-31/h5-6,11,14,16,20-21,23,25,27-28H,1-2,7-10,12-13,15,17-19H2,3-4H3,(H,41,48)(H,42,45)(H,43,47)/t21-,23-,27-,28-,35-/m1/s1. The zero-order valence-electron chi connectivity index (χ0n) is 29.5. The first kappa shape index (κ1) is 39.9. The smallest absolute Gasteiger partial charge is 0.416 e. The van der Waals surface area contributed by atoms with Gasteiger partial charge in [0.1, 0.15) is 16.7 Å². The SMILES string of the molecule is C=CCCCCN(C)C(=O)[C@@H]1C[C@H](OC(=O)Nc2cc(C(F)(F)F)ccc2-c2ncc(CC)s2)C[C@H]1C(=O)N[C@]1(C(=O)NS(=O)(=O)C2CC2)C[C@H]1C=C. The Balaban J connectivity index is 1.35. The summed E-state index contributed by atoms with van der Waals surface area (Å²) in [5.41, 5.74) is -2.51. The normalized spacial score (nSPS) is 23.8. The van der Waals surface area contributed by atoms with Gasteiger partial charge in [-0.2, -0.15) is 13.2 Å². The lowest BCUT2D eigenvalue weighted by atomic mass is 9.93. The number of hydrogen-bond donors (Lipinski definition) is 3. The highest BCUT2D eigenvalue weighted by Gasteiger charge is 2.62. The van der Waals surface area contributed by atoms with Crippen LogP contribution in [0.3, 0.4) is 0 Å². The molecule has 3 aliphatic rings. The van der Waals surface area contributed by atoms with Gasteiger partial charge in [0.15, 0.2) is 0 Å². The quantitative estimate of drug-likeness (QED) is 0.142. The topological polar surface area (TPSA) is 164 Å². The zero-order chi connectivity index (χ0) is 38.7. The molecule has 0 spiro atoms. The number of thiazole rings is 1. The summed E-state index contributed by atoms with van der Waals surface area (Å²) in [6.45, 7) is 9.69. The van der Waals surface area contributed by atoms with Crippen molar-refractivity contribution < 1.29 is 45.5 Å². The number of nitrogens with one attached hydrogen (secondary N) is 3. The number of alkyl halides is 3. The van der Waals surface area contributed by atoms with Gasteiger partial charge >= 0.3 is 12.3 Å². The van der Waals surface area contributed by atoms with Crippen molar-refractivity contribution in [2.45, 2.75) is 87.8 Å². The summed E-state index contributed by atoms with van der Waals surface area (Å²) in [4.78, 5) is 61.1. The van der Waals surface area contributed by atoms with Crippen LogP contribution in [0.25, 0.3) is 10.6 Å². The fourth-order valence-corrected chi connectivity index (χ4v) is 8.86. The number of aromatic nitrogens is 1. The van der Waals surface area contributed by atoms with Crippen molar-refractivity contribution >= 4 is 50.9 Å². The molecule has 5 rings (SSSR count). The number of halogens is 3. The molecular formula is C36H44F3N5O7S2. The summed E-state index contributed by atoms with van der Waals surface area (Å²) >= 11 is 1.27. The predicted molar refractivity (Wildman–Crippen MR) is 193 cm³/mol. The molecule has 1 aromatic heterocycles. The minimum atomic E-state index is -4.70. The van der Waals surface area contributed by atoms with Crippen LogP contribution >= 0.6 is 11.3 Å². The fraction of sp³-hybridized carbons (Fsp3) is 0.528. The summed E-state index contributed by atoms with van der Waals surface area (Å²) in [7, 11) is -2.33. The highest BCUT2D eigenvalue weighted by atomic mass is 32.2. The van der Waals surface area contributed by atoms with Gasteiger partial charge < -0.3 is 15.0 Å². The second-order valence-corrected chi connectivity index (χ2v) is 16.9. The number of allylic oxidation sites excluding steroid dienone is 1. The number of amides is 4. The van der Waals surface area contributed by atoms with E-state index in [4.69, 9.17) is 4.74 Å². The summed E-state index contributed by atoms with van der Waals surface area (Å²) in [6, 6.07) is 2.92. The molecule has 0 aliphatic heterocycles. The van der Waals surface area contributed by atoms with Gasteiger partial charge in [-0.1, -0.05) is 19.1 Å². The van der Waals surface area contributed by atoms with E-state index in [2.05, 4.69) is 33.5 Å². The second-order valence-electron chi connectivity index (χ2n) is 13.8. The highest BCUT2D eigenvalue weighted by Crippen LogP contribution is 2.46. The molecule has 3 N–H and O–H groups in total. The van der Waals surface area contributed by atoms with Crippen LogP contribution in [0.5, 0.6) is 0 Å². The van der Waals surface area contributed by atoms with E-state index in [1.54, 1.807) is 19.3 Å². The third-order valence-electron chi connectivity index (χ3n) is 9.94. The van der Waals surface area contributed by atoms with Crippen molar-refractivity contribution in [3.63, 3.8) is 0 Å². The number of sulfonamides is 1. The number of unbranched alkanes of at least 4 members (excludes halogenated alkanes) is 2. The van der Waals surface area contributed by atoms with Gasteiger partial charge in [0, 0.05) is 36.1 Å². The maximum absolute atomic E-state index is 14.0. The van der Waals surface area contributed by atoms with Gasteiger partial charge in [0.05, 0.1) is 28.3 Å². The van der Waals surface area contributed by atoms with Crippen LogP contribution in [0.2, 0.25) is 0 Å². The van der Waals surface area contributed by atoms with E-state index in [-0.39, 0.29) is 30.5 Å². The number of rotatable bonds is 16. The number of ether oxygens (including phenoxy) is 1. The molecule has 0 saturated heterocycles. The monoisotopic (exact) mass is 779 g/mol. The lowest BCUT2D eigenvalue weighted by molar-refractivity contribution is -0.140. The number of anilines is 1. The van der Waals surface area contributed by atoms with Crippen molar-refractivity contribution in [3.05, 3.63) is 60.1 Å². The summed E-state index contributed by atoms with van der Waals surface area (Å²) in [6.07, 6.45) is 1.61. The van der Waals surface area contributed by atoms with Crippen LogP contribution in [-0.4, -0.2) is 72.6 Å². The zero-order valence-corrected chi connectivity index (χ0v) is 31.2. The van der Waals surface area contributed by atoms with Crippen molar-refractivity contribution in [3.8, 4) is 10.6 Å². The average Bonchev–Trinajstić information content (AvgIpc) is 3.99. The molecule has 288 valence electrons. The summed E-state index contributed by atoms with van der Waals surface area (Å²) in [5.74, 6) is -4.61. The number of aryl methyl sites for hydroxylation is 1. The lowest BCUT2D eigenvalue weighted by Crippen LogP contribution is -2.54. The Morgan fingerprint density at radius 3 is 2.45 bits per heavy atom. The minimum absolute atomic E-state index is 0.0801. The van der Waals surface area contributed by atoms with E-state index >= 15 is 0 Å². The van der Waals surface area contributed by atoms with Gasteiger partial charge in [0.25, 0.3) is 5.91 Å². The van der Waals surface area contributed by atoms with Crippen LogP contribution in [-0.2, 0) is 41.7 Å². The molecule has 3 saturated carbocycles. The molecule has 0 radical (unpaired) electrons. The molecule has 0 unspecified atom stereocenters. The number of carbonyl (C=O) groups excluding carboxylic acids is 4. The number of hydrogen-bond acceptors (Lipinski definition) is 9. The Hall–Kier alpha value is -4.25. The van der Waals surface area contributed by atoms with Gasteiger partial charge in [-0.25, -0.2) is 18.2 Å². The maximum Gasteiger partial charge on any atom is 0.416 e. The number of benzene rings is 1. The Morgan fingerprint density at radius 1 is 1.13 bits per heavy atom. The Morgan fingerprint density at radius 2 is 1.85 bits per heavy atom. The largest absolute Gasteiger partial charge is 0.446 e. The van der Waals surface area contributed by atoms with Crippen LogP contribution in [0.4, 0.5) is 23.7 Å². The molecule has 0 bridgehead atoms. The van der Waals surface area contributed by atoms with Gasteiger partial charge in [-0.15, -0.1) is 24.5 Å². The minimum Gasteiger partial charge on any atom is -0.446 e. The first-order valence-corrected chi connectivity index (χ1v) is 19.9. The molecular weight excluding hydrogens is 736 g/mol. The van der Waals surface area contributed by atoms with E-state index in [1.165, 1.54) is 28.4 Å². The Labute approximate surface area is 310 Å². The van der Waals surface area contributed by atoms with Crippen LogP contribution < -0.4 is 15.4 Å². The molecule has 2 aromatic rings. The average molecular weight is 780 g/mol. The Bertz CT molecular complexity index is 1860. The second kappa shape index (κ2) is 16.0. The van der Waals surface area contributed by atoms with E-state index in [9.17, 15) is 40.8 Å². The molecule has 1 aromatic carbocycles. The molecule has 17 heteroatoms. The van der Waals surface area contributed by atoms with Gasteiger partial charge in [-0.3, -0.25) is 24.4 Å². The fourth-order valence-electron chi connectivity index (χ4n) is 6.61. The molecule has 53 heavy (non-hydrogen) atoms. The van der Waals surface area contributed by atoms with E-state index in [0.29, 0.717) is 37.2 Å². The summed E-state index contributed by atoms with van der Waals surface area (Å²) in [5, 5.41) is 4.84. The number of nitrogens with zero attached hydrogens (tertiary/aromatic N) is 2. The third-order valence-corrected chi connectivity index (χ3v) is 12.9. The van der Waals surface area contributed by atoms with E-state index in [0.717, 1.165) is 29.9 Å². The molecule has 5 atom stereocenters. The third kappa shape index (κ3) is 9.28.